The minimum atomic E-state index is -0.417. The number of aromatic nitrogens is 1. The molecule has 3 rings (SSSR count). The van der Waals surface area contributed by atoms with Crippen LogP contribution in [-0.2, 0) is 22.6 Å². The molecular weight excluding hydrogens is 387 g/mol. The van der Waals surface area contributed by atoms with Crippen molar-refractivity contribution in [1.29, 1.82) is 0 Å². The minimum Gasteiger partial charge on any atom is -0.462 e. The molecule has 1 aromatic carbocycles. The summed E-state index contributed by atoms with van der Waals surface area (Å²) in [5.41, 5.74) is 2.12. The van der Waals surface area contributed by atoms with Crippen LogP contribution in [0.2, 0.25) is 0 Å². The second kappa shape index (κ2) is 9.77. The Labute approximate surface area is 176 Å². The summed E-state index contributed by atoms with van der Waals surface area (Å²) in [5.74, 6) is -0.850. The molecule has 0 N–H and O–H groups in total. The highest BCUT2D eigenvalue weighted by Gasteiger charge is 2.28. The monoisotopic (exact) mass is 414 g/mol. The van der Waals surface area contributed by atoms with Crippen molar-refractivity contribution in [2.75, 3.05) is 45.2 Å². The SMILES string of the molecule is CCOC(=O)c1ccnc(CN2CC(=O)N(CCN(C)C)c3cccc(F)c3C2)c1. The van der Waals surface area contributed by atoms with Gasteiger partial charge in [-0.15, -0.1) is 0 Å². The number of pyridine rings is 1. The van der Waals surface area contributed by atoms with Gasteiger partial charge in [0.2, 0.25) is 5.91 Å². The normalized spacial score (nSPS) is 14.6. The van der Waals surface area contributed by atoms with Gasteiger partial charge in [-0.3, -0.25) is 14.7 Å². The van der Waals surface area contributed by atoms with Gasteiger partial charge in [0, 0.05) is 37.9 Å². The Kier molecular flexibility index (Phi) is 7.12. The van der Waals surface area contributed by atoms with Crippen molar-refractivity contribution in [1.82, 2.24) is 14.8 Å². The number of nitrogens with zero attached hydrogens (tertiary/aromatic N) is 4. The van der Waals surface area contributed by atoms with Gasteiger partial charge < -0.3 is 14.5 Å². The number of esters is 1. The Hall–Kier alpha value is -2.84. The van der Waals surface area contributed by atoms with Crippen LogP contribution < -0.4 is 4.90 Å². The van der Waals surface area contributed by atoms with E-state index in [0.29, 0.717) is 42.1 Å². The Morgan fingerprint density at radius 2 is 2.07 bits per heavy atom. The van der Waals surface area contributed by atoms with Crippen molar-refractivity contribution in [3.05, 3.63) is 59.2 Å². The van der Waals surface area contributed by atoms with E-state index < -0.39 is 5.97 Å². The number of fused-ring (bicyclic) bond motifs is 1. The van der Waals surface area contributed by atoms with Crippen LogP contribution in [0.4, 0.5) is 10.1 Å². The number of hydrogen-bond acceptors (Lipinski definition) is 6. The van der Waals surface area contributed by atoms with Gasteiger partial charge in [-0.1, -0.05) is 6.07 Å². The van der Waals surface area contributed by atoms with E-state index in [-0.39, 0.29) is 31.4 Å². The second-order valence-electron chi connectivity index (χ2n) is 7.49. The van der Waals surface area contributed by atoms with E-state index in [4.69, 9.17) is 4.74 Å². The molecule has 0 radical (unpaired) electrons. The molecule has 0 unspecified atom stereocenters. The first-order chi connectivity index (χ1) is 14.4. The molecule has 0 fully saturated rings. The Balaban J connectivity index is 1.85. The van der Waals surface area contributed by atoms with Crippen LogP contribution in [0.3, 0.4) is 0 Å². The molecule has 0 bridgehead atoms. The molecule has 160 valence electrons. The lowest BCUT2D eigenvalue weighted by atomic mass is 10.1. The molecule has 1 aromatic heterocycles. The molecule has 0 saturated carbocycles. The van der Waals surface area contributed by atoms with Crippen molar-refractivity contribution in [2.24, 2.45) is 0 Å². The predicted molar refractivity (Wildman–Crippen MR) is 112 cm³/mol. The number of halogens is 1. The fraction of sp³-hybridized carbons (Fsp3) is 0.409. The predicted octanol–water partition coefficient (Wildman–Crippen LogP) is 2.31. The zero-order valence-electron chi connectivity index (χ0n) is 17.6. The number of carbonyl (C=O) groups excluding carboxylic acids is 2. The Morgan fingerprint density at radius 3 is 2.80 bits per heavy atom. The van der Waals surface area contributed by atoms with Crippen LogP contribution >= 0.6 is 0 Å². The highest BCUT2D eigenvalue weighted by molar-refractivity contribution is 5.96. The lowest BCUT2D eigenvalue weighted by Crippen LogP contribution is -2.40. The molecule has 0 spiro atoms. The molecule has 30 heavy (non-hydrogen) atoms. The number of carbonyl (C=O) groups is 2. The molecule has 1 aliphatic heterocycles. The topological polar surface area (TPSA) is 66.0 Å². The summed E-state index contributed by atoms with van der Waals surface area (Å²) in [6.45, 7) is 3.91. The Morgan fingerprint density at radius 1 is 1.27 bits per heavy atom. The fourth-order valence-corrected chi connectivity index (χ4v) is 3.44. The van der Waals surface area contributed by atoms with E-state index in [1.165, 1.54) is 6.07 Å². The van der Waals surface area contributed by atoms with Crippen molar-refractivity contribution >= 4 is 17.6 Å². The van der Waals surface area contributed by atoms with Gasteiger partial charge in [0.05, 0.1) is 30.1 Å². The number of amides is 1. The van der Waals surface area contributed by atoms with Gasteiger partial charge in [-0.25, -0.2) is 9.18 Å². The summed E-state index contributed by atoms with van der Waals surface area (Å²) in [6.07, 6.45) is 1.54. The largest absolute Gasteiger partial charge is 0.462 e. The van der Waals surface area contributed by atoms with Crippen LogP contribution in [0.25, 0.3) is 0 Å². The maximum Gasteiger partial charge on any atom is 0.338 e. The maximum absolute atomic E-state index is 14.7. The molecular formula is C22H27FN4O3. The molecule has 2 heterocycles. The number of likely N-dealkylation sites (N-methyl/N-ethyl adjacent to an activating group) is 1. The lowest BCUT2D eigenvalue weighted by molar-refractivity contribution is -0.119. The Bertz CT molecular complexity index is 919. The second-order valence-corrected chi connectivity index (χ2v) is 7.49. The summed E-state index contributed by atoms with van der Waals surface area (Å²) >= 11 is 0. The number of hydrogen-bond donors (Lipinski definition) is 0. The molecule has 7 nitrogen and oxygen atoms in total. The molecule has 0 atom stereocenters. The average molecular weight is 414 g/mol. The third-order valence-corrected chi connectivity index (χ3v) is 4.91. The molecule has 2 aromatic rings. The quantitative estimate of drug-likeness (QED) is 0.648. The first kappa shape index (κ1) is 21.9. The molecule has 0 saturated heterocycles. The minimum absolute atomic E-state index is 0.0947. The van der Waals surface area contributed by atoms with E-state index in [1.54, 1.807) is 42.3 Å². The van der Waals surface area contributed by atoms with Gasteiger partial charge in [0.25, 0.3) is 0 Å². The molecule has 1 amide bonds. The lowest BCUT2D eigenvalue weighted by Gasteiger charge is -2.24. The van der Waals surface area contributed by atoms with Crippen molar-refractivity contribution in [2.45, 2.75) is 20.0 Å². The van der Waals surface area contributed by atoms with Crippen LogP contribution in [0.5, 0.6) is 0 Å². The van der Waals surface area contributed by atoms with E-state index >= 15 is 0 Å². The standard InChI is InChI=1S/C22H27FN4O3/c1-4-30-22(29)16-8-9-24-17(12-16)13-26-14-18-19(23)6-5-7-20(18)27(21(28)15-26)11-10-25(2)3/h5-9,12H,4,10-11,13-15H2,1-3H3. The van der Waals surface area contributed by atoms with Crippen molar-refractivity contribution < 1.29 is 18.7 Å². The summed E-state index contributed by atoms with van der Waals surface area (Å²) in [7, 11) is 3.87. The summed E-state index contributed by atoms with van der Waals surface area (Å²) in [6, 6.07) is 8.07. The zero-order chi connectivity index (χ0) is 21.7. The third-order valence-electron chi connectivity index (χ3n) is 4.91. The van der Waals surface area contributed by atoms with Gasteiger partial charge in [-0.2, -0.15) is 0 Å². The number of benzene rings is 1. The maximum atomic E-state index is 14.7. The van der Waals surface area contributed by atoms with Crippen LogP contribution in [-0.4, -0.2) is 67.0 Å². The number of ether oxygens (including phenoxy) is 1. The smallest absolute Gasteiger partial charge is 0.338 e. The summed E-state index contributed by atoms with van der Waals surface area (Å²) in [5, 5.41) is 0. The van der Waals surface area contributed by atoms with Crippen molar-refractivity contribution in [3.8, 4) is 0 Å². The van der Waals surface area contributed by atoms with Crippen molar-refractivity contribution in [3.63, 3.8) is 0 Å². The zero-order valence-corrected chi connectivity index (χ0v) is 17.6. The first-order valence-electron chi connectivity index (χ1n) is 9.96. The highest BCUT2D eigenvalue weighted by atomic mass is 19.1. The molecule has 1 aliphatic rings. The van der Waals surface area contributed by atoms with E-state index in [9.17, 15) is 14.0 Å². The fourth-order valence-electron chi connectivity index (χ4n) is 3.44. The average Bonchev–Trinajstić information content (AvgIpc) is 2.83. The van der Waals surface area contributed by atoms with Crippen LogP contribution in [0.15, 0.2) is 36.5 Å². The van der Waals surface area contributed by atoms with Crippen LogP contribution in [0, 0.1) is 5.82 Å². The highest BCUT2D eigenvalue weighted by Crippen LogP contribution is 2.28. The summed E-state index contributed by atoms with van der Waals surface area (Å²) in [4.78, 5) is 34.8. The first-order valence-corrected chi connectivity index (χ1v) is 9.96. The third kappa shape index (κ3) is 5.20. The number of anilines is 1. The van der Waals surface area contributed by atoms with E-state index in [1.807, 2.05) is 23.9 Å². The van der Waals surface area contributed by atoms with E-state index in [0.717, 1.165) is 0 Å². The molecule has 0 aliphatic carbocycles. The number of rotatable bonds is 7. The van der Waals surface area contributed by atoms with Gasteiger partial charge >= 0.3 is 5.97 Å². The summed E-state index contributed by atoms with van der Waals surface area (Å²) < 4.78 is 19.7. The van der Waals surface area contributed by atoms with Gasteiger partial charge in [0.15, 0.2) is 0 Å². The van der Waals surface area contributed by atoms with E-state index in [2.05, 4.69) is 4.98 Å². The molecule has 8 heteroatoms. The van der Waals surface area contributed by atoms with Gasteiger partial charge in [-0.05, 0) is 45.3 Å². The van der Waals surface area contributed by atoms with Gasteiger partial charge in [0.1, 0.15) is 5.82 Å². The van der Waals surface area contributed by atoms with Crippen LogP contribution in [0.1, 0.15) is 28.5 Å².